The Hall–Kier alpha value is -3.21. The summed E-state index contributed by atoms with van der Waals surface area (Å²) in [6, 6.07) is 13.2. The van der Waals surface area contributed by atoms with E-state index in [9.17, 15) is 19.1 Å². The molecule has 3 rings (SSSR count). The maximum absolute atomic E-state index is 13.6. The van der Waals surface area contributed by atoms with E-state index in [1.54, 1.807) is 0 Å². The number of nitrogens with two attached hydrogens (primary N) is 1. The van der Waals surface area contributed by atoms with Crippen molar-refractivity contribution in [3.05, 3.63) is 71.0 Å². The zero-order valence-electron chi connectivity index (χ0n) is 13.5. The summed E-state index contributed by atoms with van der Waals surface area (Å²) in [6.07, 6.45) is -0.207. The Bertz CT molecular complexity index is 1010. The van der Waals surface area contributed by atoms with E-state index in [1.807, 2.05) is 37.3 Å². The number of hydrogen-bond donors (Lipinski definition) is 2. The van der Waals surface area contributed by atoms with Gasteiger partial charge < -0.3 is 10.8 Å². The molecule has 4 nitrogen and oxygen atoms in total. The lowest BCUT2D eigenvalue weighted by atomic mass is 9.86. The summed E-state index contributed by atoms with van der Waals surface area (Å²) in [4.78, 5) is 23.2. The van der Waals surface area contributed by atoms with Crippen molar-refractivity contribution >= 4 is 22.6 Å². The number of carboxylic acids is 1. The van der Waals surface area contributed by atoms with Crippen molar-refractivity contribution in [2.45, 2.75) is 13.3 Å². The number of carbonyl (C=O) groups excluding carboxylic acids is 1. The van der Waals surface area contributed by atoms with E-state index < -0.39 is 17.7 Å². The topological polar surface area (TPSA) is 80.4 Å². The van der Waals surface area contributed by atoms with Gasteiger partial charge in [-0.25, -0.2) is 4.39 Å². The first-order valence-corrected chi connectivity index (χ1v) is 7.71. The SMILES string of the molecule is Cc1cc2ccccc2c(-c2ccc(F)cc2C(N)=O)c1CC(=O)O. The fourth-order valence-electron chi connectivity index (χ4n) is 3.16. The Kier molecular flexibility index (Phi) is 4.23. The molecule has 3 aromatic carbocycles. The van der Waals surface area contributed by atoms with Gasteiger partial charge in [0.1, 0.15) is 5.82 Å². The second kappa shape index (κ2) is 6.36. The van der Waals surface area contributed by atoms with Gasteiger partial charge in [-0.15, -0.1) is 0 Å². The van der Waals surface area contributed by atoms with Crippen molar-refractivity contribution in [1.82, 2.24) is 0 Å². The lowest BCUT2D eigenvalue weighted by Gasteiger charge is -2.17. The number of halogens is 1. The number of benzene rings is 3. The zero-order valence-corrected chi connectivity index (χ0v) is 13.5. The highest BCUT2D eigenvalue weighted by Crippen LogP contribution is 2.37. The predicted molar refractivity (Wildman–Crippen MR) is 93.9 cm³/mol. The molecule has 126 valence electrons. The molecule has 0 saturated heterocycles. The number of amides is 1. The summed E-state index contributed by atoms with van der Waals surface area (Å²) in [7, 11) is 0. The molecular formula is C20H16FNO3. The Morgan fingerprint density at radius 1 is 1.12 bits per heavy atom. The molecule has 3 N–H and O–H groups in total. The second-order valence-electron chi connectivity index (χ2n) is 5.89. The fraction of sp³-hybridized carbons (Fsp3) is 0.100. The highest BCUT2D eigenvalue weighted by atomic mass is 19.1. The highest BCUT2D eigenvalue weighted by Gasteiger charge is 2.20. The Labute approximate surface area is 143 Å². The molecule has 25 heavy (non-hydrogen) atoms. The third-order valence-electron chi connectivity index (χ3n) is 4.22. The van der Waals surface area contributed by atoms with Crippen LogP contribution < -0.4 is 5.73 Å². The standard InChI is InChI=1S/C20H16FNO3/c1-11-8-12-4-2-3-5-14(12)19(16(11)10-18(23)24)15-7-6-13(21)9-17(15)20(22)25/h2-9H,10H2,1H3,(H2,22,25)(H,23,24). The van der Waals surface area contributed by atoms with Crippen LogP contribution in [0.25, 0.3) is 21.9 Å². The van der Waals surface area contributed by atoms with Crippen molar-refractivity contribution in [2.24, 2.45) is 5.73 Å². The predicted octanol–water partition coefficient (Wildman–Crippen LogP) is 3.68. The fourth-order valence-corrected chi connectivity index (χ4v) is 3.16. The van der Waals surface area contributed by atoms with E-state index in [-0.39, 0.29) is 12.0 Å². The van der Waals surface area contributed by atoms with Gasteiger partial charge in [0, 0.05) is 5.56 Å². The number of carbonyl (C=O) groups is 2. The molecule has 0 aliphatic heterocycles. The Morgan fingerprint density at radius 3 is 2.52 bits per heavy atom. The Balaban J connectivity index is 2.46. The molecule has 0 aromatic heterocycles. The molecule has 0 unspecified atom stereocenters. The van der Waals surface area contributed by atoms with Crippen LogP contribution in [0.4, 0.5) is 4.39 Å². The number of carboxylic acid groups (broad SMARTS) is 1. The van der Waals surface area contributed by atoms with Crippen molar-refractivity contribution in [3.63, 3.8) is 0 Å². The number of rotatable bonds is 4. The molecule has 0 saturated carbocycles. The third-order valence-corrected chi connectivity index (χ3v) is 4.22. The van der Waals surface area contributed by atoms with Gasteiger partial charge in [0.2, 0.25) is 5.91 Å². The van der Waals surface area contributed by atoms with Crippen LogP contribution in [0.3, 0.4) is 0 Å². The second-order valence-corrected chi connectivity index (χ2v) is 5.89. The molecule has 0 heterocycles. The van der Waals surface area contributed by atoms with Crippen LogP contribution in [0.15, 0.2) is 48.5 Å². The summed E-state index contributed by atoms with van der Waals surface area (Å²) < 4.78 is 13.6. The van der Waals surface area contributed by atoms with Crippen molar-refractivity contribution in [2.75, 3.05) is 0 Å². The lowest BCUT2D eigenvalue weighted by molar-refractivity contribution is -0.136. The molecule has 0 aliphatic rings. The van der Waals surface area contributed by atoms with Crippen LogP contribution >= 0.6 is 0 Å². The molecule has 1 amide bonds. The molecule has 0 spiro atoms. The van der Waals surface area contributed by atoms with Gasteiger partial charge in [-0.05, 0) is 52.1 Å². The Morgan fingerprint density at radius 2 is 1.84 bits per heavy atom. The van der Waals surface area contributed by atoms with E-state index in [0.717, 1.165) is 22.4 Å². The first-order valence-electron chi connectivity index (χ1n) is 7.71. The molecule has 0 fully saturated rings. The summed E-state index contributed by atoms with van der Waals surface area (Å²) >= 11 is 0. The number of fused-ring (bicyclic) bond motifs is 1. The van der Waals surface area contributed by atoms with Crippen LogP contribution in [0.2, 0.25) is 0 Å². The molecular weight excluding hydrogens is 321 g/mol. The van der Waals surface area contributed by atoms with Crippen LogP contribution in [0.1, 0.15) is 21.5 Å². The largest absolute Gasteiger partial charge is 0.481 e. The quantitative estimate of drug-likeness (QED) is 0.762. The van der Waals surface area contributed by atoms with Crippen molar-refractivity contribution < 1.29 is 19.1 Å². The van der Waals surface area contributed by atoms with E-state index in [2.05, 4.69) is 0 Å². The average Bonchev–Trinajstić information content (AvgIpc) is 2.55. The maximum Gasteiger partial charge on any atom is 0.307 e. The molecule has 0 radical (unpaired) electrons. The van der Waals surface area contributed by atoms with Gasteiger partial charge in [-0.3, -0.25) is 9.59 Å². The minimum Gasteiger partial charge on any atom is -0.481 e. The van der Waals surface area contributed by atoms with Gasteiger partial charge in [0.25, 0.3) is 0 Å². The summed E-state index contributed by atoms with van der Waals surface area (Å²) in [5.41, 5.74) is 7.87. The molecule has 3 aromatic rings. The third kappa shape index (κ3) is 3.08. The smallest absolute Gasteiger partial charge is 0.307 e. The van der Waals surface area contributed by atoms with E-state index in [1.165, 1.54) is 12.1 Å². The van der Waals surface area contributed by atoms with Gasteiger partial charge >= 0.3 is 5.97 Å². The van der Waals surface area contributed by atoms with Gasteiger partial charge in [0.05, 0.1) is 6.42 Å². The minimum absolute atomic E-state index is 0.0300. The molecule has 0 aliphatic carbocycles. The highest BCUT2D eigenvalue weighted by molar-refractivity contribution is 6.07. The number of aliphatic carboxylic acids is 1. The van der Waals surface area contributed by atoms with Crippen molar-refractivity contribution in [3.8, 4) is 11.1 Å². The molecule has 0 atom stereocenters. The summed E-state index contributed by atoms with van der Waals surface area (Å²) in [6.45, 7) is 1.82. The van der Waals surface area contributed by atoms with E-state index >= 15 is 0 Å². The lowest BCUT2D eigenvalue weighted by Crippen LogP contribution is -2.14. The molecule has 5 heteroatoms. The first-order chi connectivity index (χ1) is 11.9. The number of hydrogen-bond acceptors (Lipinski definition) is 2. The average molecular weight is 337 g/mol. The van der Waals surface area contributed by atoms with Crippen molar-refractivity contribution in [1.29, 1.82) is 0 Å². The van der Waals surface area contributed by atoms with E-state index in [4.69, 9.17) is 5.73 Å². The monoisotopic (exact) mass is 337 g/mol. The summed E-state index contributed by atoms with van der Waals surface area (Å²) in [5.74, 6) is -2.32. The maximum atomic E-state index is 13.6. The van der Waals surface area contributed by atoms with Crippen LogP contribution in [0.5, 0.6) is 0 Å². The number of aryl methyl sites for hydroxylation is 1. The molecule has 0 bridgehead atoms. The van der Waals surface area contributed by atoms with Gasteiger partial charge in [-0.1, -0.05) is 36.4 Å². The van der Waals surface area contributed by atoms with Crippen LogP contribution in [-0.4, -0.2) is 17.0 Å². The van der Waals surface area contributed by atoms with Gasteiger partial charge in [-0.2, -0.15) is 0 Å². The van der Waals surface area contributed by atoms with E-state index in [0.29, 0.717) is 16.7 Å². The minimum atomic E-state index is -0.984. The number of primary amides is 1. The van der Waals surface area contributed by atoms with Crippen LogP contribution in [-0.2, 0) is 11.2 Å². The van der Waals surface area contributed by atoms with Gasteiger partial charge in [0.15, 0.2) is 0 Å². The normalized spacial score (nSPS) is 10.8. The first kappa shape index (κ1) is 16.6. The van der Waals surface area contributed by atoms with Crippen LogP contribution in [0, 0.1) is 12.7 Å². The summed E-state index contributed by atoms with van der Waals surface area (Å²) in [5, 5.41) is 11.0. The zero-order chi connectivity index (χ0) is 18.1.